The molecule has 1 heterocycles. The van der Waals surface area contributed by atoms with Crippen molar-refractivity contribution in [3.05, 3.63) is 107 Å². The topological polar surface area (TPSA) is 85.0 Å². The summed E-state index contributed by atoms with van der Waals surface area (Å²) in [6.45, 7) is 2.38. The lowest BCUT2D eigenvalue weighted by Crippen LogP contribution is -2.54. The second-order valence-corrected chi connectivity index (χ2v) is 9.56. The Morgan fingerprint density at radius 3 is 2.40 bits per heavy atom. The molecular formula is C30H33F2N5O3. The zero-order chi connectivity index (χ0) is 28.5. The van der Waals surface area contributed by atoms with Crippen molar-refractivity contribution in [3.63, 3.8) is 0 Å². The number of carbonyl (C=O) groups excluding carboxylic acids is 3. The van der Waals surface area contributed by atoms with Crippen LogP contribution in [0.15, 0.2) is 78.9 Å². The van der Waals surface area contributed by atoms with Crippen LogP contribution in [0.2, 0.25) is 0 Å². The Hall–Kier alpha value is -4.31. The minimum Gasteiger partial charge on any atom is -0.339 e. The number of hydrogen-bond donors (Lipinski definition) is 2. The van der Waals surface area contributed by atoms with E-state index in [-0.39, 0.29) is 37.8 Å². The molecule has 0 bridgehead atoms. The Bertz CT molecular complexity index is 1310. The van der Waals surface area contributed by atoms with Crippen LogP contribution in [0, 0.1) is 11.6 Å². The highest BCUT2D eigenvalue weighted by Crippen LogP contribution is 2.21. The molecule has 0 radical (unpaired) electrons. The van der Waals surface area contributed by atoms with E-state index >= 15 is 0 Å². The van der Waals surface area contributed by atoms with Crippen LogP contribution in [-0.2, 0) is 22.7 Å². The average molecular weight is 550 g/mol. The van der Waals surface area contributed by atoms with Gasteiger partial charge in [-0.05, 0) is 35.7 Å². The molecular weight excluding hydrogens is 516 g/mol. The summed E-state index contributed by atoms with van der Waals surface area (Å²) in [6.07, 6.45) is 0.626. The van der Waals surface area contributed by atoms with Crippen LogP contribution >= 0.6 is 0 Å². The standard InChI is InChI=1S/C30H33F2N5O3/c1-2-15-37(30(40)33-19-22-9-5-3-6-10-22)36-17-16-35(20-24-18-25(31)13-14-26(24)32)29(39)28(34-27(38)21-36)23-11-7-4-8-12-23/h3-14,18,28H,2,15-17,19-21H2,1H3,(H,33,40)(H,34,38)/t28-/m0/s1. The number of halogens is 2. The van der Waals surface area contributed by atoms with Crippen LogP contribution in [0.1, 0.15) is 36.1 Å². The highest BCUT2D eigenvalue weighted by molar-refractivity contribution is 5.89. The lowest BCUT2D eigenvalue weighted by atomic mass is 10.0. The van der Waals surface area contributed by atoms with Gasteiger partial charge in [0.1, 0.15) is 17.7 Å². The third-order valence-corrected chi connectivity index (χ3v) is 6.62. The Balaban J connectivity index is 1.61. The fourth-order valence-corrected chi connectivity index (χ4v) is 4.59. The lowest BCUT2D eigenvalue weighted by molar-refractivity contribution is -0.136. The third-order valence-electron chi connectivity index (χ3n) is 6.62. The normalized spacial score (nSPS) is 16.5. The van der Waals surface area contributed by atoms with Crippen LogP contribution in [0.4, 0.5) is 13.6 Å². The first-order valence-corrected chi connectivity index (χ1v) is 13.3. The maximum Gasteiger partial charge on any atom is 0.332 e. The van der Waals surface area contributed by atoms with E-state index < -0.39 is 29.5 Å². The highest BCUT2D eigenvalue weighted by Gasteiger charge is 2.33. The van der Waals surface area contributed by atoms with Crippen molar-refractivity contribution in [2.24, 2.45) is 0 Å². The molecule has 4 amide bonds. The van der Waals surface area contributed by atoms with E-state index in [0.29, 0.717) is 25.1 Å². The van der Waals surface area contributed by atoms with Gasteiger partial charge in [0.2, 0.25) is 11.8 Å². The first kappa shape index (κ1) is 28.7. The molecule has 1 saturated heterocycles. The van der Waals surface area contributed by atoms with Crippen molar-refractivity contribution in [2.75, 3.05) is 26.2 Å². The Kier molecular flexibility index (Phi) is 9.80. The molecule has 1 aliphatic heterocycles. The quantitative estimate of drug-likeness (QED) is 0.445. The maximum atomic E-state index is 14.6. The van der Waals surface area contributed by atoms with Crippen molar-refractivity contribution in [1.29, 1.82) is 0 Å². The van der Waals surface area contributed by atoms with Gasteiger partial charge in [-0.15, -0.1) is 0 Å². The number of nitrogens with zero attached hydrogens (tertiary/aromatic N) is 3. The minimum absolute atomic E-state index is 0.0169. The Morgan fingerprint density at radius 2 is 1.70 bits per heavy atom. The molecule has 3 aromatic carbocycles. The number of urea groups is 1. The Morgan fingerprint density at radius 1 is 1.00 bits per heavy atom. The van der Waals surface area contributed by atoms with Gasteiger partial charge in [-0.3, -0.25) is 14.6 Å². The largest absolute Gasteiger partial charge is 0.339 e. The first-order chi connectivity index (χ1) is 19.4. The van der Waals surface area contributed by atoms with Gasteiger partial charge in [-0.25, -0.2) is 18.6 Å². The third kappa shape index (κ3) is 7.41. The van der Waals surface area contributed by atoms with E-state index in [1.807, 2.05) is 37.3 Å². The number of nitrogens with one attached hydrogen (secondary N) is 2. The summed E-state index contributed by atoms with van der Waals surface area (Å²) in [5.41, 5.74) is 1.50. The molecule has 0 unspecified atom stereocenters. The van der Waals surface area contributed by atoms with Crippen molar-refractivity contribution in [1.82, 2.24) is 25.6 Å². The van der Waals surface area contributed by atoms with E-state index in [1.165, 1.54) is 9.91 Å². The lowest BCUT2D eigenvalue weighted by Gasteiger charge is -2.35. The predicted molar refractivity (Wildman–Crippen MR) is 146 cm³/mol. The van der Waals surface area contributed by atoms with E-state index in [1.54, 1.807) is 35.3 Å². The van der Waals surface area contributed by atoms with Crippen LogP contribution in [0.3, 0.4) is 0 Å². The summed E-state index contributed by atoms with van der Waals surface area (Å²) in [4.78, 5) is 41.6. The molecule has 210 valence electrons. The SMILES string of the molecule is CCCN(C(=O)NCc1ccccc1)N1CCN(Cc2cc(F)ccc2F)C(=O)[C@H](c2ccccc2)NC(=O)C1. The molecule has 4 rings (SSSR count). The fraction of sp³-hybridized carbons (Fsp3) is 0.300. The van der Waals surface area contributed by atoms with Gasteiger partial charge < -0.3 is 15.5 Å². The molecule has 1 aliphatic rings. The first-order valence-electron chi connectivity index (χ1n) is 13.3. The van der Waals surface area contributed by atoms with E-state index in [4.69, 9.17) is 0 Å². The van der Waals surface area contributed by atoms with Crippen molar-refractivity contribution in [3.8, 4) is 0 Å². The van der Waals surface area contributed by atoms with Gasteiger partial charge >= 0.3 is 6.03 Å². The molecule has 3 aromatic rings. The number of hydrogen-bond acceptors (Lipinski definition) is 4. The number of benzene rings is 3. The average Bonchev–Trinajstić information content (AvgIpc) is 3.02. The van der Waals surface area contributed by atoms with Crippen molar-refractivity contribution in [2.45, 2.75) is 32.5 Å². The Labute approximate surface area is 232 Å². The smallest absolute Gasteiger partial charge is 0.332 e. The summed E-state index contributed by atoms with van der Waals surface area (Å²) in [5.74, 6) is -2.16. The summed E-state index contributed by atoms with van der Waals surface area (Å²) < 4.78 is 28.5. The zero-order valence-corrected chi connectivity index (χ0v) is 22.4. The molecule has 40 heavy (non-hydrogen) atoms. The summed E-state index contributed by atoms with van der Waals surface area (Å²) in [7, 11) is 0. The van der Waals surface area contributed by atoms with Crippen LogP contribution < -0.4 is 10.6 Å². The molecule has 1 atom stereocenters. The van der Waals surface area contributed by atoms with Gasteiger partial charge in [0.05, 0.1) is 6.54 Å². The molecule has 0 saturated carbocycles. The molecule has 2 N–H and O–H groups in total. The summed E-state index contributed by atoms with van der Waals surface area (Å²) in [5, 5.41) is 8.75. The molecule has 0 spiro atoms. The van der Waals surface area contributed by atoms with Gasteiger partial charge in [-0.2, -0.15) is 0 Å². The highest BCUT2D eigenvalue weighted by atomic mass is 19.1. The molecule has 10 heteroatoms. The fourth-order valence-electron chi connectivity index (χ4n) is 4.59. The zero-order valence-electron chi connectivity index (χ0n) is 22.4. The number of amides is 4. The van der Waals surface area contributed by atoms with Gasteiger partial charge in [0.25, 0.3) is 0 Å². The molecule has 8 nitrogen and oxygen atoms in total. The predicted octanol–water partition coefficient (Wildman–Crippen LogP) is 4.00. The van der Waals surface area contributed by atoms with Gasteiger partial charge in [0, 0.05) is 38.3 Å². The minimum atomic E-state index is -1.03. The molecule has 0 aromatic heterocycles. The number of rotatable bonds is 8. The van der Waals surface area contributed by atoms with Crippen molar-refractivity contribution < 1.29 is 23.2 Å². The second-order valence-electron chi connectivity index (χ2n) is 9.56. The van der Waals surface area contributed by atoms with E-state index in [9.17, 15) is 23.2 Å². The van der Waals surface area contributed by atoms with Crippen LogP contribution in [0.25, 0.3) is 0 Å². The van der Waals surface area contributed by atoms with E-state index in [2.05, 4.69) is 10.6 Å². The van der Waals surface area contributed by atoms with Crippen LogP contribution in [0.5, 0.6) is 0 Å². The second kappa shape index (κ2) is 13.7. The summed E-state index contributed by atoms with van der Waals surface area (Å²) in [6, 6.07) is 19.9. The number of carbonyl (C=O) groups is 3. The maximum absolute atomic E-state index is 14.6. The van der Waals surface area contributed by atoms with Gasteiger partial charge in [-0.1, -0.05) is 67.6 Å². The van der Waals surface area contributed by atoms with Gasteiger partial charge in [0.15, 0.2) is 0 Å². The monoisotopic (exact) mass is 549 g/mol. The van der Waals surface area contributed by atoms with Crippen molar-refractivity contribution >= 4 is 17.8 Å². The summed E-state index contributed by atoms with van der Waals surface area (Å²) >= 11 is 0. The number of hydrazine groups is 1. The van der Waals surface area contributed by atoms with Crippen LogP contribution in [-0.4, -0.2) is 58.9 Å². The van der Waals surface area contributed by atoms with E-state index in [0.717, 1.165) is 23.8 Å². The molecule has 1 fully saturated rings. The molecule has 0 aliphatic carbocycles.